The molecule has 5 nitrogen and oxygen atoms in total. The van der Waals surface area contributed by atoms with Gasteiger partial charge in [0.2, 0.25) is 0 Å². The van der Waals surface area contributed by atoms with Gasteiger partial charge in [-0.3, -0.25) is 4.79 Å². The van der Waals surface area contributed by atoms with Gasteiger partial charge in [0.15, 0.2) is 12.4 Å². The minimum Gasteiger partial charge on any atom is -0.384 e. The molecule has 0 aromatic heterocycles. The van der Waals surface area contributed by atoms with Crippen molar-refractivity contribution in [3.63, 3.8) is 0 Å². The fourth-order valence-corrected chi connectivity index (χ4v) is 1.87. The Kier molecular flexibility index (Phi) is 5.48. The number of amidine groups is 1. The molecule has 0 atom stereocenters. The second kappa shape index (κ2) is 7.55. The van der Waals surface area contributed by atoms with Crippen LogP contribution < -0.4 is 11.1 Å². The number of carbonyl (C=O) groups excluding carboxylic acids is 1. The molecule has 8 heteroatoms. The Balaban J connectivity index is 1.90. The molecule has 0 aliphatic carbocycles. The van der Waals surface area contributed by atoms with Crippen molar-refractivity contribution in [2.45, 2.75) is 0 Å². The third-order valence-corrected chi connectivity index (χ3v) is 2.86. The van der Waals surface area contributed by atoms with Gasteiger partial charge in [-0.25, -0.2) is 8.78 Å². The Morgan fingerprint density at radius 3 is 2.57 bits per heavy atom. The first-order chi connectivity index (χ1) is 10.9. The predicted molar refractivity (Wildman–Crippen MR) is 83.1 cm³/mol. The molecule has 0 aliphatic heterocycles. The molecule has 0 saturated carbocycles. The lowest BCUT2D eigenvalue weighted by Crippen LogP contribution is -2.19. The standard InChI is InChI=1S/C15H12ClF2N3O2/c16-10-3-1-2-9(4-10)15(19)21-23-8-14(22)20-13-6-11(17)5-12(18)7-13/h1-7H,8H2,(H2,19,21)(H,20,22). The van der Waals surface area contributed by atoms with Crippen LogP contribution in [0.1, 0.15) is 5.56 Å². The zero-order valence-corrected chi connectivity index (χ0v) is 12.5. The Hall–Kier alpha value is -2.67. The van der Waals surface area contributed by atoms with Crippen LogP contribution in [0, 0.1) is 11.6 Å². The van der Waals surface area contributed by atoms with Crippen molar-refractivity contribution < 1.29 is 18.4 Å². The van der Waals surface area contributed by atoms with Crippen LogP contribution in [0.3, 0.4) is 0 Å². The number of nitrogens with zero attached hydrogens (tertiary/aromatic N) is 1. The quantitative estimate of drug-likeness (QED) is 0.499. The van der Waals surface area contributed by atoms with Gasteiger partial charge in [0.25, 0.3) is 5.91 Å². The van der Waals surface area contributed by atoms with Crippen LogP contribution in [0.15, 0.2) is 47.6 Å². The molecule has 2 rings (SSSR count). The first-order valence-corrected chi connectivity index (χ1v) is 6.79. The highest BCUT2D eigenvalue weighted by Gasteiger charge is 2.06. The Bertz CT molecular complexity index is 733. The molecule has 0 aliphatic rings. The van der Waals surface area contributed by atoms with Crippen molar-refractivity contribution in [1.29, 1.82) is 0 Å². The molecule has 0 heterocycles. The van der Waals surface area contributed by atoms with Crippen molar-refractivity contribution in [2.24, 2.45) is 10.9 Å². The summed E-state index contributed by atoms with van der Waals surface area (Å²) in [6.45, 7) is -0.473. The van der Waals surface area contributed by atoms with Gasteiger partial charge in [-0.05, 0) is 24.3 Å². The summed E-state index contributed by atoms with van der Waals surface area (Å²) in [6.07, 6.45) is 0. The fraction of sp³-hybridized carbons (Fsp3) is 0.0667. The smallest absolute Gasteiger partial charge is 0.265 e. The number of carbonyl (C=O) groups is 1. The Morgan fingerprint density at radius 2 is 1.91 bits per heavy atom. The summed E-state index contributed by atoms with van der Waals surface area (Å²) < 4.78 is 26.0. The molecule has 120 valence electrons. The monoisotopic (exact) mass is 339 g/mol. The molecule has 0 fully saturated rings. The number of anilines is 1. The van der Waals surface area contributed by atoms with Crippen molar-refractivity contribution in [1.82, 2.24) is 0 Å². The van der Waals surface area contributed by atoms with E-state index in [9.17, 15) is 13.6 Å². The highest BCUT2D eigenvalue weighted by Crippen LogP contribution is 2.13. The molecule has 0 unspecified atom stereocenters. The maximum atomic E-state index is 13.0. The van der Waals surface area contributed by atoms with E-state index in [1.165, 1.54) is 0 Å². The number of amides is 1. The molecule has 23 heavy (non-hydrogen) atoms. The largest absolute Gasteiger partial charge is 0.384 e. The highest BCUT2D eigenvalue weighted by atomic mass is 35.5. The van der Waals surface area contributed by atoms with Gasteiger partial charge < -0.3 is 15.9 Å². The van der Waals surface area contributed by atoms with Crippen molar-refractivity contribution in [3.05, 3.63) is 64.7 Å². The summed E-state index contributed by atoms with van der Waals surface area (Å²) in [5, 5.41) is 6.33. The molecule has 0 bridgehead atoms. The van der Waals surface area contributed by atoms with Crippen molar-refractivity contribution in [3.8, 4) is 0 Å². The number of nitrogens with two attached hydrogens (primary N) is 1. The zero-order chi connectivity index (χ0) is 16.8. The molecule has 0 spiro atoms. The van der Waals surface area contributed by atoms with Crippen LogP contribution in [-0.2, 0) is 9.63 Å². The SMILES string of the molecule is N/C(=N/OCC(=O)Nc1cc(F)cc(F)c1)c1cccc(Cl)c1. The topological polar surface area (TPSA) is 76.7 Å². The maximum absolute atomic E-state index is 13.0. The maximum Gasteiger partial charge on any atom is 0.265 e. The number of hydrogen-bond donors (Lipinski definition) is 2. The van der Waals surface area contributed by atoms with Gasteiger partial charge in [0, 0.05) is 22.3 Å². The number of benzene rings is 2. The summed E-state index contributed by atoms with van der Waals surface area (Å²) in [5.41, 5.74) is 6.19. The van der Waals surface area contributed by atoms with Gasteiger partial charge in [0.1, 0.15) is 11.6 Å². The van der Waals surface area contributed by atoms with E-state index in [0.717, 1.165) is 12.1 Å². The normalized spacial score (nSPS) is 11.2. The number of rotatable bonds is 5. The molecule has 2 aromatic rings. The van der Waals surface area contributed by atoms with Crippen LogP contribution in [-0.4, -0.2) is 18.3 Å². The lowest BCUT2D eigenvalue weighted by Gasteiger charge is -2.05. The molecular weight excluding hydrogens is 328 g/mol. The van der Waals surface area contributed by atoms with Crippen molar-refractivity contribution in [2.75, 3.05) is 11.9 Å². The van der Waals surface area contributed by atoms with E-state index in [4.69, 9.17) is 22.2 Å². The lowest BCUT2D eigenvalue weighted by molar-refractivity contribution is -0.120. The average molecular weight is 340 g/mol. The van der Waals surface area contributed by atoms with Gasteiger partial charge in [-0.1, -0.05) is 28.9 Å². The van der Waals surface area contributed by atoms with Gasteiger partial charge in [-0.2, -0.15) is 0 Å². The Morgan fingerprint density at radius 1 is 1.22 bits per heavy atom. The zero-order valence-electron chi connectivity index (χ0n) is 11.7. The molecular formula is C15H12ClF2N3O2. The van der Waals surface area contributed by atoms with E-state index in [1.807, 2.05) is 0 Å². The van der Waals surface area contributed by atoms with Gasteiger partial charge >= 0.3 is 0 Å². The minimum absolute atomic E-state index is 0.0251. The van der Waals surface area contributed by atoms with Crippen LogP contribution in [0.5, 0.6) is 0 Å². The average Bonchev–Trinajstić information content (AvgIpc) is 2.45. The Labute approximate surface area is 135 Å². The predicted octanol–water partition coefficient (Wildman–Crippen LogP) is 2.89. The van der Waals surface area contributed by atoms with E-state index < -0.39 is 24.1 Å². The van der Waals surface area contributed by atoms with Gasteiger partial charge in [-0.15, -0.1) is 0 Å². The van der Waals surface area contributed by atoms with E-state index in [-0.39, 0.29) is 11.5 Å². The second-order valence-corrected chi connectivity index (χ2v) is 4.90. The van der Waals surface area contributed by atoms with Gasteiger partial charge in [0.05, 0.1) is 0 Å². The summed E-state index contributed by atoms with van der Waals surface area (Å²) >= 11 is 5.81. The molecule has 1 amide bonds. The fourth-order valence-electron chi connectivity index (χ4n) is 1.68. The highest BCUT2D eigenvalue weighted by molar-refractivity contribution is 6.31. The molecule has 0 saturated heterocycles. The third kappa shape index (κ3) is 5.23. The van der Waals surface area contributed by atoms with Crippen LogP contribution in [0.2, 0.25) is 5.02 Å². The van der Waals surface area contributed by atoms with Crippen LogP contribution >= 0.6 is 11.6 Å². The number of halogens is 3. The minimum atomic E-state index is -0.801. The second-order valence-electron chi connectivity index (χ2n) is 4.47. The summed E-state index contributed by atoms with van der Waals surface area (Å²) in [5.74, 6) is -2.20. The van der Waals surface area contributed by atoms with E-state index in [1.54, 1.807) is 24.3 Å². The summed E-state index contributed by atoms with van der Waals surface area (Å²) in [7, 11) is 0. The number of hydrogen-bond acceptors (Lipinski definition) is 3. The summed E-state index contributed by atoms with van der Waals surface area (Å²) in [4.78, 5) is 16.4. The van der Waals surface area contributed by atoms with Crippen LogP contribution in [0.25, 0.3) is 0 Å². The van der Waals surface area contributed by atoms with Crippen LogP contribution in [0.4, 0.5) is 14.5 Å². The number of oxime groups is 1. The molecule has 2 aromatic carbocycles. The molecule has 0 radical (unpaired) electrons. The van der Waals surface area contributed by atoms with E-state index in [0.29, 0.717) is 16.7 Å². The molecule has 3 N–H and O–H groups in total. The summed E-state index contributed by atoms with van der Waals surface area (Å²) in [6, 6.07) is 9.26. The first-order valence-electron chi connectivity index (χ1n) is 6.41. The van der Waals surface area contributed by atoms with E-state index >= 15 is 0 Å². The lowest BCUT2D eigenvalue weighted by atomic mass is 10.2. The van der Waals surface area contributed by atoms with E-state index in [2.05, 4.69) is 10.5 Å². The third-order valence-electron chi connectivity index (χ3n) is 2.63. The number of nitrogens with one attached hydrogen (secondary N) is 1. The first kappa shape index (κ1) is 16.7. The van der Waals surface area contributed by atoms with Crippen molar-refractivity contribution >= 4 is 29.0 Å².